The lowest BCUT2D eigenvalue weighted by atomic mass is 10.0. The highest BCUT2D eigenvalue weighted by molar-refractivity contribution is 5.77. The second kappa shape index (κ2) is 8.83. The van der Waals surface area contributed by atoms with E-state index in [9.17, 15) is 4.79 Å². The van der Waals surface area contributed by atoms with Gasteiger partial charge in [-0.25, -0.2) is 0 Å². The van der Waals surface area contributed by atoms with E-state index in [2.05, 4.69) is 33.9 Å². The van der Waals surface area contributed by atoms with Crippen LogP contribution in [-0.2, 0) is 24.2 Å². The van der Waals surface area contributed by atoms with Gasteiger partial charge in [-0.3, -0.25) is 4.79 Å². The molecule has 0 atom stereocenters. The Labute approximate surface area is 155 Å². The highest BCUT2D eigenvalue weighted by Crippen LogP contribution is 2.18. The monoisotopic (exact) mass is 356 g/mol. The Balaban J connectivity index is 1.41. The van der Waals surface area contributed by atoms with Crippen LogP contribution in [0.15, 0.2) is 24.3 Å². The van der Waals surface area contributed by atoms with Crippen molar-refractivity contribution in [1.29, 1.82) is 0 Å². The molecule has 1 amide bonds. The van der Waals surface area contributed by atoms with Gasteiger partial charge in [0.15, 0.2) is 6.61 Å². The molecule has 0 saturated carbocycles. The standard InChI is InChI=1S/C20H28N4O2/c1-15(2)16-7-9-17(10-8-16)26-14-20(25)21-12-11-19-23-22-18-6-4-3-5-13-24(18)19/h7-10,15H,3-6,11-14H2,1-2H3,(H,21,25). The highest BCUT2D eigenvalue weighted by Gasteiger charge is 2.14. The van der Waals surface area contributed by atoms with Crippen LogP contribution < -0.4 is 10.1 Å². The topological polar surface area (TPSA) is 69.0 Å². The lowest BCUT2D eigenvalue weighted by Crippen LogP contribution is -2.31. The molecule has 0 bridgehead atoms. The molecule has 1 aromatic heterocycles. The van der Waals surface area contributed by atoms with Gasteiger partial charge in [0.2, 0.25) is 0 Å². The average molecular weight is 356 g/mol. The van der Waals surface area contributed by atoms with Gasteiger partial charge in [-0.15, -0.1) is 10.2 Å². The van der Waals surface area contributed by atoms with Crippen molar-refractivity contribution < 1.29 is 9.53 Å². The van der Waals surface area contributed by atoms with E-state index < -0.39 is 0 Å². The third-order valence-electron chi connectivity index (χ3n) is 4.77. The Kier molecular flexibility index (Phi) is 6.26. The molecule has 1 N–H and O–H groups in total. The van der Waals surface area contributed by atoms with Crippen LogP contribution in [0.4, 0.5) is 0 Å². The van der Waals surface area contributed by atoms with Gasteiger partial charge >= 0.3 is 0 Å². The van der Waals surface area contributed by atoms with Gasteiger partial charge in [0.25, 0.3) is 5.91 Å². The molecule has 0 saturated heterocycles. The lowest BCUT2D eigenvalue weighted by molar-refractivity contribution is -0.123. The molecule has 0 unspecified atom stereocenters. The highest BCUT2D eigenvalue weighted by atomic mass is 16.5. The Bertz CT molecular complexity index is 722. The summed E-state index contributed by atoms with van der Waals surface area (Å²) in [5.41, 5.74) is 1.26. The van der Waals surface area contributed by atoms with E-state index in [0.717, 1.165) is 24.6 Å². The summed E-state index contributed by atoms with van der Waals surface area (Å²) in [5.74, 6) is 3.13. The summed E-state index contributed by atoms with van der Waals surface area (Å²) in [5, 5.41) is 11.5. The van der Waals surface area contributed by atoms with E-state index in [1.54, 1.807) is 0 Å². The summed E-state index contributed by atoms with van der Waals surface area (Å²) in [6, 6.07) is 7.89. The first-order chi connectivity index (χ1) is 12.6. The number of fused-ring (bicyclic) bond motifs is 1. The van der Waals surface area contributed by atoms with Crippen molar-refractivity contribution in [2.75, 3.05) is 13.2 Å². The molecule has 6 heteroatoms. The van der Waals surface area contributed by atoms with Gasteiger partial charge in [-0.05, 0) is 36.5 Å². The summed E-state index contributed by atoms with van der Waals surface area (Å²) in [4.78, 5) is 12.0. The minimum absolute atomic E-state index is 0.0268. The second-order valence-electron chi connectivity index (χ2n) is 7.11. The Morgan fingerprint density at radius 2 is 2.00 bits per heavy atom. The fourth-order valence-electron chi connectivity index (χ4n) is 3.19. The SMILES string of the molecule is CC(C)c1ccc(OCC(=O)NCCc2nnc3n2CCCCC3)cc1. The van der Waals surface area contributed by atoms with Crippen LogP contribution >= 0.6 is 0 Å². The molecule has 2 heterocycles. The maximum Gasteiger partial charge on any atom is 0.257 e. The Morgan fingerprint density at radius 3 is 2.77 bits per heavy atom. The number of benzene rings is 1. The number of hydrogen-bond donors (Lipinski definition) is 1. The molecule has 0 aliphatic carbocycles. The van der Waals surface area contributed by atoms with Gasteiger partial charge in [0.05, 0.1) is 0 Å². The number of carbonyl (C=O) groups excluding carboxylic acids is 1. The zero-order valence-electron chi connectivity index (χ0n) is 15.7. The summed E-state index contributed by atoms with van der Waals surface area (Å²) in [6.45, 7) is 5.86. The van der Waals surface area contributed by atoms with Crippen molar-refractivity contribution in [3.8, 4) is 5.75 Å². The smallest absolute Gasteiger partial charge is 0.257 e. The van der Waals surface area contributed by atoms with Crippen molar-refractivity contribution in [3.05, 3.63) is 41.5 Å². The van der Waals surface area contributed by atoms with Crippen molar-refractivity contribution in [3.63, 3.8) is 0 Å². The van der Waals surface area contributed by atoms with E-state index in [4.69, 9.17) is 4.74 Å². The quantitative estimate of drug-likeness (QED) is 0.828. The number of nitrogens with one attached hydrogen (secondary N) is 1. The molecule has 0 spiro atoms. The fourth-order valence-corrected chi connectivity index (χ4v) is 3.19. The summed E-state index contributed by atoms with van der Waals surface area (Å²) < 4.78 is 7.77. The summed E-state index contributed by atoms with van der Waals surface area (Å²) >= 11 is 0. The zero-order valence-corrected chi connectivity index (χ0v) is 15.7. The maximum absolute atomic E-state index is 12.0. The molecule has 140 valence electrons. The molecule has 0 radical (unpaired) electrons. The van der Waals surface area contributed by atoms with Crippen molar-refractivity contribution in [2.24, 2.45) is 0 Å². The molecule has 1 aliphatic heterocycles. The number of rotatable bonds is 7. The number of nitrogens with zero attached hydrogens (tertiary/aromatic N) is 3. The zero-order chi connectivity index (χ0) is 18.4. The van der Waals surface area contributed by atoms with Crippen LogP contribution in [0, 0.1) is 0 Å². The molecule has 6 nitrogen and oxygen atoms in total. The minimum atomic E-state index is -0.117. The summed E-state index contributed by atoms with van der Waals surface area (Å²) in [7, 11) is 0. The van der Waals surface area contributed by atoms with Crippen LogP contribution in [0.3, 0.4) is 0 Å². The van der Waals surface area contributed by atoms with Crippen molar-refractivity contribution in [1.82, 2.24) is 20.1 Å². The van der Waals surface area contributed by atoms with Gasteiger partial charge in [-0.1, -0.05) is 32.4 Å². The van der Waals surface area contributed by atoms with Crippen molar-refractivity contribution >= 4 is 5.91 Å². The number of ether oxygens (including phenoxy) is 1. The van der Waals surface area contributed by atoms with E-state index in [1.807, 2.05) is 24.3 Å². The second-order valence-corrected chi connectivity index (χ2v) is 7.11. The maximum atomic E-state index is 12.0. The van der Waals surface area contributed by atoms with Gasteiger partial charge in [-0.2, -0.15) is 0 Å². The van der Waals surface area contributed by atoms with Crippen LogP contribution in [0.2, 0.25) is 0 Å². The molecule has 2 aromatic rings. The van der Waals surface area contributed by atoms with Crippen molar-refractivity contribution in [2.45, 2.75) is 58.4 Å². The Morgan fingerprint density at radius 1 is 1.19 bits per heavy atom. The predicted molar refractivity (Wildman–Crippen MR) is 100 cm³/mol. The fraction of sp³-hybridized carbons (Fsp3) is 0.550. The van der Waals surface area contributed by atoms with Crippen LogP contribution in [0.25, 0.3) is 0 Å². The van der Waals surface area contributed by atoms with Gasteiger partial charge in [0.1, 0.15) is 17.4 Å². The van der Waals surface area contributed by atoms with Crippen LogP contribution in [0.1, 0.15) is 56.2 Å². The normalized spacial score (nSPS) is 14.0. The van der Waals surface area contributed by atoms with Crippen LogP contribution in [0.5, 0.6) is 5.75 Å². The minimum Gasteiger partial charge on any atom is -0.484 e. The number of aromatic nitrogens is 3. The Hall–Kier alpha value is -2.37. The molecule has 1 aromatic carbocycles. The first kappa shape index (κ1) is 18.4. The van der Waals surface area contributed by atoms with E-state index in [1.165, 1.54) is 24.8 Å². The predicted octanol–water partition coefficient (Wildman–Crippen LogP) is 2.87. The average Bonchev–Trinajstić information content (AvgIpc) is 2.87. The van der Waals surface area contributed by atoms with Gasteiger partial charge in [0, 0.05) is 25.9 Å². The molecule has 1 aliphatic rings. The molecular weight excluding hydrogens is 328 g/mol. The van der Waals surface area contributed by atoms with E-state index in [0.29, 0.717) is 24.6 Å². The number of carbonyl (C=O) groups is 1. The van der Waals surface area contributed by atoms with E-state index >= 15 is 0 Å². The third kappa shape index (κ3) is 4.84. The molecular formula is C20H28N4O2. The largest absolute Gasteiger partial charge is 0.484 e. The number of aryl methyl sites for hydroxylation is 1. The first-order valence-corrected chi connectivity index (χ1v) is 9.54. The lowest BCUT2D eigenvalue weighted by Gasteiger charge is -2.10. The van der Waals surface area contributed by atoms with Gasteiger partial charge < -0.3 is 14.6 Å². The summed E-state index contributed by atoms with van der Waals surface area (Å²) in [6.07, 6.45) is 5.30. The van der Waals surface area contributed by atoms with Crippen LogP contribution in [-0.4, -0.2) is 33.8 Å². The molecule has 0 fully saturated rings. The van der Waals surface area contributed by atoms with E-state index in [-0.39, 0.29) is 12.5 Å². The molecule has 3 rings (SSSR count). The number of hydrogen-bond acceptors (Lipinski definition) is 4. The number of amides is 1. The molecule has 26 heavy (non-hydrogen) atoms. The third-order valence-corrected chi connectivity index (χ3v) is 4.77. The first-order valence-electron chi connectivity index (χ1n) is 9.54.